The molecule has 1 heterocycles. The van der Waals surface area contributed by atoms with Crippen LogP contribution in [0, 0.1) is 5.82 Å². The molecule has 3 N–H and O–H groups in total. The summed E-state index contributed by atoms with van der Waals surface area (Å²) in [5.41, 5.74) is 5.42. The van der Waals surface area contributed by atoms with Gasteiger partial charge in [-0.2, -0.15) is 4.31 Å². The molecule has 0 saturated carbocycles. The molecule has 1 fully saturated rings. The number of anilines is 1. The Morgan fingerprint density at radius 1 is 1.44 bits per heavy atom. The summed E-state index contributed by atoms with van der Waals surface area (Å²) < 4.78 is 39.3. The van der Waals surface area contributed by atoms with Crippen LogP contribution in [0.5, 0.6) is 0 Å². The van der Waals surface area contributed by atoms with Gasteiger partial charge in [-0.3, -0.25) is 0 Å². The van der Waals surface area contributed by atoms with Crippen LogP contribution in [0.15, 0.2) is 23.1 Å². The van der Waals surface area contributed by atoms with Crippen molar-refractivity contribution in [3.8, 4) is 0 Å². The number of hydrogen-bond donors (Lipinski definition) is 2. The lowest BCUT2D eigenvalue weighted by Gasteiger charge is -2.29. The van der Waals surface area contributed by atoms with Gasteiger partial charge in [-0.1, -0.05) is 6.07 Å². The highest BCUT2D eigenvalue weighted by atomic mass is 32.2. The van der Waals surface area contributed by atoms with Crippen LogP contribution in [0.25, 0.3) is 0 Å². The van der Waals surface area contributed by atoms with E-state index in [1.54, 1.807) is 0 Å². The number of aliphatic hydroxyl groups excluding tert-OH is 1. The van der Waals surface area contributed by atoms with E-state index in [1.807, 2.05) is 0 Å². The van der Waals surface area contributed by atoms with Gasteiger partial charge in [0.2, 0.25) is 10.0 Å². The molecule has 0 bridgehead atoms. The molecule has 0 radical (unpaired) electrons. The summed E-state index contributed by atoms with van der Waals surface area (Å²) in [4.78, 5) is -0.501. The lowest BCUT2D eigenvalue weighted by molar-refractivity contribution is 0.108. The fourth-order valence-electron chi connectivity index (χ4n) is 2.07. The van der Waals surface area contributed by atoms with E-state index < -0.39 is 26.8 Å². The molecule has 0 spiro atoms. The van der Waals surface area contributed by atoms with Crippen LogP contribution < -0.4 is 5.73 Å². The Hall–Kier alpha value is -1.18. The van der Waals surface area contributed by atoms with Crippen LogP contribution >= 0.6 is 0 Å². The van der Waals surface area contributed by atoms with Crippen LogP contribution in [-0.4, -0.2) is 37.0 Å². The van der Waals surface area contributed by atoms with Gasteiger partial charge < -0.3 is 10.8 Å². The second-order valence-electron chi connectivity index (χ2n) is 4.32. The fourth-order valence-corrected chi connectivity index (χ4v) is 3.74. The van der Waals surface area contributed by atoms with Crippen LogP contribution in [-0.2, 0) is 10.0 Å². The quantitative estimate of drug-likeness (QED) is 0.772. The third kappa shape index (κ3) is 2.33. The van der Waals surface area contributed by atoms with Crippen molar-refractivity contribution < 1.29 is 17.9 Å². The number of nitrogens with zero attached hydrogens (tertiary/aromatic N) is 1. The van der Waals surface area contributed by atoms with E-state index in [2.05, 4.69) is 0 Å². The van der Waals surface area contributed by atoms with Gasteiger partial charge in [0, 0.05) is 13.1 Å². The smallest absolute Gasteiger partial charge is 0.248 e. The first-order valence-corrected chi connectivity index (χ1v) is 7.09. The molecule has 1 aliphatic rings. The monoisotopic (exact) mass is 274 g/mol. The SMILES string of the molecule is Nc1cccc(F)c1S(=O)(=O)N1CCC[C@H](O)C1. The third-order valence-electron chi connectivity index (χ3n) is 2.95. The van der Waals surface area contributed by atoms with Gasteiger partial charge in [-0.25, -0.2) is 12.8 Å². The van der Waals surface area contributed by atoms with Crippen molar-refractivity contribution in [2.45, 2.75) is 23.8 Å². The third-order valence-corrected chi connectivity index (χ3v) is 4.91. The highest BCUT2D eigenvalue weighted by Crippen LogP contribution is 2.27. The molecular formula is C11H15FN2O3S. The molecule has 1 atom stereocenters. The van der Waals surface area contributed by atoms with Crippen molar-refractivity contribution >= 4 is 15.7 Å². The Labute approximate surface area is 105 Å². The van der Waals surface area contributed by atoms with Crippen molar-refractivity contribution in [2.24, 2.45) is 0 Å². The first-order chi connectivity index (χ1) is 8.43. The van der Waals surface area contributed by atoms with Crippen LogP contribution in [0.3, 0.4) is 0 Å². The minimum atomic E-state index is -3.98. The molecule has 0 aromatic heterocycles. The summed E-state index contributed by atoms with van der Waals surface area (Å²) in [6, 6.07) is 3.76. The summed E-state index contributed by atoms with van der Waals surface area (Å²) in [6.07, 6.45) is 0.398. The number of benzene rings is 1. The lowest BCUT2D eigenvalue weighted by Crippen LogP contribution is -2.42. The maximum absolute atomic E-state index is 13.6. The number of piperidine rings is 1. The molecule has 5 nitrogen and oxygen atoms in total. The Morgan fingerprint density at radius 3 is 2.78 bits per heavy atom. The zero-order chi connectivity index (χ0) is 13.3. The number of hydrogen-bond acceptors (Lipinski definition) is 4. The average molecular weight is 274 g/mol. The first kappa shape index (κ1) is 13.3. The van der Waals surface area contributed by atoms with Gasteiger partial charge in [0.05, 0.1) is 11.8 Å². The van der Waals surface area contributed by atoms with Crippen LogP contribution in [0.4, 0.5) is 10.1 Å². The lowest BCUT2D eigenvalue weighted by atomic mass is 10.1. The van der Waals surface area contributed by atoms with Gasteiger partial charge >= 0.3 is 0 Å². The predicted octanol–water partition coefficient (Wildman–Crippen LogP) is 0.553. The molecule has 1 aliphatic heterocycles. The van der Waals surface area contributed by atoms with Crippen molar-refractivity contribution in [3.63, 3.8) is 0 Å². The van der Waals surface area contributed by atoms with Crippen molar-refractivity contribution in [1.82, 2.24) is 4.31 Å². The largest absolute Gasteiger partial charge is 0.398 e. The van der Waals surface area contributed by atoms with Gasteiger partial charge in [0.25, 0.3) is 0 Å². The van der Waals surface area contributed by atoms with E-state index in [4.69, 9.17) is 5.73 Å². The Kier molecular flexibility index (Phi) is 3.56. The van der Waals surface area contributed by atoms with Crippen LogP contribution in [0.1, 0.15) is 12.8 Å². The Balaban J connectivity index is 2.42. The topological polar surface area (TPSA) is 83.6 Å². The average Bonchev–Trinajstić information content (AvgIpc) is 2.28. The number of rotatable bonds is 2. The van der Waals surface area contributed by atoms with Gasteiger partial charge in [0.15, 0.2) is 0 Å². The van der Waals surface area contributed by atoms with Crippen molar-refractivity contribution in [1.29, 1.82) is 0 Å². The molecule has 1 aromatic carbocycles. The zero-order valence-electron chi connectivity index (χ0n) is 9.71. The normalized spacial score (nSPS) is 22.0. The number of nitrogens with two attached hydrogens (primary N) is 1. The Bertz CT molecular complexity index is 527. The summed E-state index contributed by atoms with van der Waals surface area (Å²) in [7, 11) is -3.98. The molecule has 1 aromatic rings. The maximum atomic E-state index is 13.6. The molecule has 18 heavy (non-hydrogen) atoms. The summed E-state index contributed by atoms with van der Waals surface area (Å²) >= 11 is 0. The van der Waals surface area contributed by atoms with E-state index in [-0.39, 0.29) is 18.8 Å². The molecule has 2 rings (SSSR count). The van der Waals surface area contributed by atoms with Gasteiger partial charge in [-0.15, -0.1) is 0 Å². The first-order valence-electron chi connectivity index (χ1n) is 5.65. The molecule has 0 aliphatic carbocycles. The second-order valence-corrected chi connectivity index (χ2v) is 6.19. The molecule has 0 amide bonds. The summed E-state index contributed by atoms with van der Waals surface area (Å²) in [5, 5.41) is 9.50. The number of aliphatic hydroxyl groups is 1. The van der Waals surface area contributed by atoms with E-state index in [1.165, 1.54) is 12.1 Å². The van der Waals surface area contributed by atoms with Gasteiger partial charge in [0.1, 0.15) is 10.7 Å². The molecule has 7 heteroatoms. The van der Waals surface area contributed by atoms with Gasteiger partial charge in [-0.05, 0) is 25.0 Å². The molecule has 100 valence electrons. The highest BCUT2D eigenvalue weighted by Gasteiger charge is 2.32. The predicted molar refractivity (Wildman–Crippen MR) is 64.8 cm³/mol. The Morgan fingerprint density at radius 2 is 2.17 bits per heavy atom. The van der Waals surface area contributed by atoms with Crippen molar-refractivity contribution in [3.05, 3.63) is 24.0 Å². The maximum Gasteiger partial charge on any atom is 0.248 e. The summed E-state index contributed by atoms with van der Waals surface area (Å²) in [5.74, 6) is -0.866. The summed E-state index contributed by atoms with van der Waals surface area (Å²) in [6.45, 7) is 0.253. The van der Waals surface area contributed by atoms with E-state index in [0.717, 1.165) is 10.4 Å². The fraction of sp³-hybridized carbons (Fsp3) is 0.455. The van der Waals surface area contributed by atoms with Crippen molar-refractivity contribution in [2.75, 3.05) is 18.8 Å². The minimum absolute atomic E-state index is 0.0178. The van der Waals surface area contributed by atoms with E-state index >= 15 is 0 Å². The highest BCUT2D eigenvalue weighted by molar-refractivity contribution is 7.89. The van der Waals surface area contributed by atoms with E-state index in [0.29, 0.717) is 12.8 Å². The molecule has 0 unspecified atom stereocenters. The number of β-amino-alcohol motifs (C(OH)–C–C–N with tert-alkyl or cyclic N) is 1. The van der Waals surface area contributed by atoms with E-state index in [9.17, 15) is 17.9 Å². The molecule has 1 saturated heterocycles. The standard InChI is InChI=1S/C11H15FN2O3S/c12-9-4-1-5-10(13)11(9)18(16,17)14-6-2-3-8(15)7-14/h1,4-5,8,15H,2-3,6-7,13H2/t8-/m0/s1. The second kappa shape index (κ2) is 4.83. The number of sulfonamides is 1. The zero-order valence-corrected chi connectivity index (χ0v) is 10.5. The number of halogens is 1. The minimum Gasteiger partial charge on any atom is -0.398 e. The number of nitrogen functional groups attached to an aromatic ring is 1. The molecular weight excluding hydrogens is 259 g/mol. The van der Waals surface area contributed by atoms with Crippen LogP contribution in [0.2, 0.25) is 0 Å².